The van der Waals surface area contributed by atoms with Crippen LogP contribution in [-0.4, -0.2) is 4.98 Å². The maximum Gasteiger partial charge on any atom is 0.0472 e. The highest BCUT2D eigenvalue weighted by atomic mass is 79.9. The molecule has 0 saturated carbocycles. The van der Waals surface area contributed by atoms with Crippen molar-refractivity contribution in [2.45, 2.75) is 13.8 Å². The first kappa shape index (κ1) is 9.53. The molecule has 0 saturated heterocycles. The van der Waals surface area contributed by atoms with Crippen molar-refractivity contribution in [3.05, 3.63) is 40.0 Å². The fraction of sp³-hybridized carbons (Fsp3) is 0.167. The van der Waals surface area contributed by atoms with Gasteiger partial charge < -0.3 is 4.98 Å². The Morgan fingerprint density at radius 1 is 1.36 bits per heavy atom. The van der Waals surface area contributed by atoms with Crippen LogP contribution in [0.3, 0.4) is 0 Å². The van der Waals surface area contributed by atoms with Gasteiger partial charge in [0.1, 0.15) is 0 Å². The third-order valence-electron chi connectivity index (χ3n) is 2.40. The van der Waals surface area contributed by atoms with Crippen LogP contribution in [0, 0.1) is 6.92 Å². The number of allylic oxidation sites excluding steroid dienone is 1. The first-order valence-corrected chi connectivity index (χ1v) is 5.43. The van der Waals surface area contributed by atoms with Crippen LogP contribution in [0.4, 0.5) is 0 Å². The maximum atomic E-state index is 3.57. The van der Waals surface area contributed by atoms with E-state index in [9.17, 15) is 0 Å². The molecule has 0 bridgehead atoms. The minimum Gasteiger partial charge on any atom is -0.355 e. The monoisotopic (exact) mass is 249 g/mol. The van der Waals surface area contributed by atoms with E-state index in [0.717, 1.165) is 4.47 Å². The van der Waals surface area contributed by atoms with E-state index in [1.165, 1.54) is 22.2 Å². The minimum atomic E-state index is 1.15. The van der Waals surface area contributed by atoms with Gasteiger partial charge in [0.05, 0.1) is 0 Å². The van der Waals surface area contributed by atoms with Crippen LogP contribution in [0.15, 0.2) is 28.7 Å². The number of nitrogens with one attached hydrogen (secondary N) is 1. The normalized spacial score (nSPS) is 11.6. The van der Waals surface area contributed by atoms with Gasteiger partial charge in [0.25, 0.3) is 0 Å². The zero-order chi connectivity index (χ0) is 10.1. The van der Waals surface area contributed by atoms with E-state index in [-0.39, 0.29) is 0 Å². The topological polar surface area (TPSA) is 15.8 Å². The Labute approximate surface area is 92.0 Å². The number of rotatable bonds is 1. The molecule has 1 aromatic heterocycles. The summed E-state index contributed by atoms with van der Waals surface area (Å²) >= 11 is 3.57. The molecule has 72 valence electrons. The SMILES string of the molecule is C/C=C\c1[nH]c2cccc(Br)c2c1C. The molecule has 0 spiro atoms. The van der Waals surface area contributed by atoms with Gasteiger partial charge in [0, 0.05) is 21.1 Å². The molecule has 0 unspecified atom stereocenters. The van der Waals surface area contributed by atoms with Crippen LogP contribution < -0.4 is 0 Å². The van der Waals surface area contributed by atoms with Crippen molar-refractivity contribution in [3.63, 3.8) is 0 Å². The lowest BCUT2D eigenvalue weighted by atomic mass is 10.1. The van der Waals surface area contributed by atoms with Crippen LogP contribution in [0.25, 0.3) is 17.0 Å². The van der Waals surface area contributed by atoms with Gasteiger partial charge in [-0.3, -0.25) is 0 Å². The highest BCUT2D eigenvalue weighted by Crippen LogP contribution is 2.29. The molecule has 0 radical (unpaired) electrons. The summed E-state index contributed by atoms with van der Waals surface area (Å²) in [7, 11) is 0. The number of H-pyrrole nitrogens is 1. The summed E-state index contributed by atoms with van der Waals surface area (Å²) in [5, 5.41) is 1.28. The number of aromatic nitrogens is 1. The molecule has 2 heteroatoms. The summed E-state index contributed by atoms with van der Waals surface area (Å²) in [6.45, 7) is 4.17. The molecule has 1 nitrogen and oxygen atoms in total. The third kappa shape index (κ3) is 1.40. The van der Waals surface area contributed by atoms with Crippen molar-refractivity contribution in [3.8, 4) is 0 Å². The average molecular weight is 250 g/mol. The number of benzene rings is 1. The minimum absolute atomic E-state index is 1.15. The standard InChI is InChI=1S/C12H12BrN/c1-3-5-10-8(2)12-9(13)6-4-7-11(12)14-10/h3-7,14H,1-2H3/b5-3-. The molecule has 14 heavy (non-hydrogen) atoms. The maximum absolute atomic E-state index is 3.57. The van der Waals surface area contributed by atoms with Crippen LogP contribution in [0.1, 0.15) is 18.2 Å². The van der Waals surface area contributed by atoms with Crippen molar-refractivity contribution in [2.75, 3.05) is 0 Å². The van der Waals surface area contributed by atoms with E-state index in [4.69, 9.17) is 0 Å². The number of aryl methyl sites for hydroxylation is 1. The average Bonchev–Trinajstić information content (AvgIpc) is 2.46. The van der Waals surface area contributed by atoms with E-state index in [0.29, 0.717) is 0 Å². The van der Waals surface area contributed by atoms with Gasteiger partial charge in [0.2, 0.25) is 0 Å². The molecular formula is C12H12BrN. The smallest absolute Gasteiger partial charge is 0.0472 e. The molecular weight excluding hydrogens is 238 g/mol. The second-order valence-corrected chi connectivity index (χ2v) is 4.18. The molecule has 1 heterocycles. The van der Waals surface area contributed by atoms with Gasteiger partial charge in [-0.15, -0.1) is 0 Å². The van der Waals surface area contributed by atoms with E-state index >= 15 is 0 Å². The predicted octanol–water partition coefficient (Wildman–Crippen LogP) is 4.27. The Bertz CT molecular complexity index is 494. The lowest BCUT2D eigenvalue weighted by Gasteiger charge is -1.94. The lowest BCUT2D eigenvalue weighted by molar-refractivity contribution is 1.37. The molecule has 2 aromatic rings. The van der Waals surface area contributed by atoms with Gasteiger partial charge in [-0.05, 0) is 37.6 Å². The van der Waals surface area contributed by atoms with E-state index in [2.05, 4.69) is 46.0 Å². The van der Waals surface area contributed by atoms with Crippen molar-refractivity contribution in [1.82, 2.24) is 4.98 Å². The first-order chi connectivity index (χ1) is 6.74. The summed E-state index contributed by atoms with van der Waals surface area (Å²) in [5.74, 6) is 0. The van der Waals surface area contributed by atoms with Crippen molar-refractivity contribution < 1.29 is 0 Å². The highest BCUT2D eigenvalue weighted by Gasteiger charge is 2.07. The molecule has 0 aliphatic rings. The zero-order valence-corrected chi connectivity index (χ0v) is 9.85. The summed E-state index contributed by atoms with van der Waals surface area (Å²) in [5.41, 5.74) is 3.67. The van der Waals surface area contributed by atoms with Crippen molar-refractivity contribution >= 4 is 32.9 Å². The number of fused-ring (bicyclic) bond motifs is 1. The second kappa shape index (κ2) is 3.62. The number of halogens is 1. The summed E-state index contributed by atoms with van der Waals surface area (Å²) in [4.78, 5) is 3.39. The predicted molar refractivity (Wildman–Crippen MR) is 65.4 cm³/mol. The van der Waals surface area contributed by atoms with E-state index < -0.39 is 0 Å². The number of aromatic amines is 1. The van der Waals surface area contributed by atoms with Crippen LogP contribution in [-0.2, 0) is 0 Å². The van der Waals surface area contributed by atoms with E-state index in [1.54, 1.807) is 0 Å². The second-order valence-electron chi connectivity index (χ2n) is 3.33. The Hall–Kier alpha value is -1.02. The Kier molecular flexibility index (Phi) is 2.46. The Morgan fingerprint density at radius 2 is 2.14 bits per heavy atom. The van der Waals surface area contributed by atoms with Gasteiger partial charge in [-0.2, -0.15) is 0 Å². The molecule has 0 aliphatic heterocycles. The summed E-state index contributed by atoms with van der Waals surface area (Å²) < 4.78 is 1.15. The Balaban J connectivity index is 2.80. The van der Waals surface area contributed by atoms with Crippen LogP contribution >= 0.6 is 15.9 Å². The largest absolute Gasteiger partial charge is 0.355 e. The van der Waals surface area contributed by atoms with Crippen molar-refractivity contribution in [2.24, 2.45) is 0 Å². The molecule has 0 fully saturated rings. The molecule has 1 aromatic carbocycles. The first-order valence-electron chi connectivity index (χ1n) is 4.63. The van der Waals surface area contributed by atoms with Gasteiger partial charge in [-0.25, -0.2) is 0 Å². The molecule has 2 rings (SSSR count). The van der Waals surface area contributed by atoms with Gasteiger partial charge >= 0.3 is 0 Å². The molecule has 1 N–H and O–H groups in total. The number of hydrogen-bond donors (Lipinski definition) is 1. The van der Waals surface area contributed by atoms with Crippen LogP contribution in [0.2, 0.25) is 0 Å². The molecule has 0 aliphatic carbocycles. The quantitative estimate of drug-likeness (QED) is 0.777. The lowest BCUT2D eigenvalue weighted by Crippen LogP contribution is -1.73. The van der Waals surface area contributed by atoms with Gasteiger partial charge in [0.15, 0.2) is 0 Å². The fourth-order valence-electron chi connectivity index (χ4n) is 1.72. The van der Waals surface area contributed by atoms with Crippen molar-refractivity contribution in [1.29, 1.82) is 0 Å². The third-order valence-corrected chi connectivity index (χ3v) is 3.06. The van der Waals surface area contributed by atoms with Gasteiger partial charge in [-0.1, -0.05) is 28.1 Å². The fourth-order valence-corrected chi connectivity index (χ4v) is 2.38. The van der Waals surface area contributed by atoms with Crippen LogP contribution in [0.5, 0.6) is 0 Å². The molecule has 0 amide bonds. The Morgan fingerprint density at radius 3 is 2.79 bits per heavy atom. The highest BCUT2D eigenvalue weighted by molar-refractivity contribution is 9.10. The summed E-state index contributed by atoms with van der Waals surface area (Å²) in [6, 6.07) is 6.21. The number of hydrogen-bond acceptors (Lipinski definition) is 0. The summed E-state index contributed by atoms with van der Waals surface area (Å²) in [6.07, 6.45) is 4.15. The molecule has 0 atom stereocenters. The van der Waals surface area contributed by atoms with E-state index in [1.807, 2.05) is 19.1 Å². The zero-order valence-electron chi connectivity index (χ0n) is 8.26.